The van der Waals surface area contributed by atoms with Crippen molar-refractivity contribution < 1.29 is 4.42 Å². The summed E-state index contributed by atoms with van der Waals surface area (Å²) in [7, 11) is 0. The highest BCUT2D eigenvalue weighted by molar-refractivity contribution is 5.85. The van der Waals surface area contributed by atoms with E-state index in [1.807, 2.05) is 6.07 Å². The van der Waals surface area contributed by atoms with E-state index in [0.717, 1.165) is 11.3 Å². The van der Waals surface area contributed by atoms with Gasteiger partial charge in [0.2, 0.25) is 0 Å². The van der Waals surface area contributed by atoms with Crippen LogP contribution in [-0.4, -0.2) is 0 Å². The summed E-state index contributed by atoms with van der Waals surface area (Å²) in [5.74, 6) is 0.998. The molecule has 70 valence electrons. The molecule has 0 aliphatic carbocycles. The molecule has 0 aliphatic heterocycles. The van der Waals surface area contributed by atoms with Crippen molar-refractivity contribution >= 4 is 12.4 Å². The molecule has 0 fully saturated rings. The van der Waals surface area contributed by atoms with E-state index in [4.69, 9.17) is 10.2 Å². The van der Waals surface area contributed by atoms with E-state index < -0.39 is 0 Å². The Morgan fingerprint density at radius 1 is 1.42 bits per heavy atom. The molecule has 0 aliphatic rings. The van der Waals surface area contributed by atoms with Crippen LogP contribution in [0.5, 0.6) is 0 Å². The molecule has 0 saturated heterocycles. The number of furan rings is 1. The quantitative estimate of drug-likeness (QED) is 0.737. The van der Waals surface area contributed by atoms with Crippen LogP contribution >= 0.6 is 12.4 Å². The summed E-state index contributed by atoms with van der Waals surface area (Å²) in [6.07, 6.45) is 1.72. The molecule has 1 aromatic heterocycles. The second kappa shape index (κ2) is 3.97. The van der Waals surface area contributed by atoms with Crippen molar-refractivity contribution in [2.24, 2.45) is 5.73 Å². The first kappa shape index (κ1) is 11.5. The van der Waals surface area contributed by atoms with E-state index in [-0.39, 0.29) is 17.8 Å². The van der Waals surface area contributed by atoms with Crippen LogP contribution in [-0.2, 0) is 12.0 Å². The average molecular weight is 190 g/mol. The summed E-state index contributed by atoms with van der Waals surface area (Å²) in [4.78, 5) is 0. The highest BCUT2D eigenvalue weighted by Crippen LogP contribution is 2.23. The van der Waals surface area contributed by atoms with Gasteiger partial charge in [-0.15, -0.1) is 12.4 Å². The Labute approximate surface area is 79.5 Å². The lowest BCUT2D eigenvalue weighted by Crippen LogP contribution is -2.09. The van der Waals surface area contributed by atoms with Crippen LogP contribution in [0.4, 0.5) is 0 Å². The van der Waals surface area contributed by atoms with Crippen molar-refractivity contribution in [2.75, 3.05) is 0 Å². The molecule has 0 radical (unpaired) electrons. The van der Waals surface area contributed by atoms with E-state index >= 15 is 0 Å². The predicted octanol–water partition coefficient (Wildman–Crippen LogP) is 2.46. The fourth-order valence-corrected chi connectivity index (χ4v) is 0.876. The molecule has 0 bridgehead atoms. The van der Waals surface area contributed by atoms with Crippen molar-refractivity contribution in [1.29, 1.82) is 0 Å². The van der Waals surface area contributed by atoms with Gasteiger partial charge in [0.1, 0.15) is 5.76 Å². The molecule has 2 nitrogen and oxygen atoms in total. The minimum absolute atomic E-state index is 0. The van der Waals surface area contributed by atoms with Crippen LogP contribution in [0.25, 0.3) is 0 Å². The lowest BCUT2D eigenvalue weighted by Gasteiger charge is -2.13. The Morgan fingerprint density at radius 2 is 2.00 bits per heavy atom. The smallest absolute Gasteiger partial charge is 0.109 e. The van der Waals surface area contributed by atoms with E-state index in [9.17, 15) is 0 Å². The van der Waals surface area contributed by atoms with E-state index in [0.29, 0.717) is 6.54 Å². The van der Waals surface area contributed by atoms with Crippen molar-refractivity contribution in [3.8, 4) is 0 Å². The molecule has 1 heterocycles. The predicted molar refractivity (Wildman–Crippen MR) is 52.5 cm³/mol. The van der Waals surface area contributed by atoms with E-state index in [1.54, 1.807) is 6.26 Å². The third kappa shape index (κ3) is 2.54. The SMILES string of the molecule is CC(C)(C)c1cc(CN)co1.Cl. The van der Waals surface area contributed by atoms with Crippen LogP contribution in [0.15, 0.2) is 16.7 Å². The van der Waals surface area contributed by atoms with Crippen molar-refractivity contribution in [3.05, 3.63) is 23.7 Å². The summed E-state index contributed by atoms with van der Waals surface area (Å²) >= 11 is 0. The van der Waals surface area contributed by atoms with Gasteiger partial charge >= 0.3 is 0 Å². The summed E-state index contributed by atoms with van der Waals surface area (Å²) in [5, 5.41) is 0. The molecule has 2 N–H and O–H groups in total. The molecule has 0 spiro atoms. The summed E-state index contributed by atoms with van der Waals surface area (Å²) < 4.78 is 5.34. The molecule has 1 aromatic rings. The second-order valence-corrected chi connectivity index (χ2v) is 3.77. The Hall–Kier alpha value is -0.470. The van der Waals surface area contributed by atoms with Crippen LogP contribution in [0.2, 0.25) is 0 Å². The minimum Gasteiger partial charge on any atom is -0.468 e. The molecule has 3 heteroatoms. The molecule has 12 heavy (non-hydrogen) atoms. The molecular weight excluding hydrogens is 174 g/mol. The zero-order valence-electron chi connectivity index (χ0n) is 7.76. The summed E-state index contributed by atoms with van der Waals surface area (Å²) in [6, 6.07) is 2.01. The zero-order chi connectivity index (χ0) is 8.48. The first-order valence-corrected chi connectivity index (χ1v) is 3.82. The molecule has 0 atom stereocenters. The fraction of sp³-hybridized carbons (Fsp3) is 0.556. The number of halogens is 1. The average Bonchev–Trinajstić information content (AvgIpc) is 2.32. The summed E-state index contributed by atoms with van der Waals surface area (Å²) in [5.41, 5.74) is 6.60. The molecule has 1 rings (SSSR count). The van der Waals surface area contributed by atoms with Gasteiger partial charge in [0.25, 0.3) is 0 Å². The first-order valence-electron chi connectivity index (χ1n) is 3.82. The van der Waals surface area contributed by atoms with Crippen molar-refractivity contribution in [1.82, 2.24) is 0 Å². The van der Waals surface area contributed by atoms with Gasteiger partial charge in [-0.25, -0.2) is 0 Å². The van der Waals surface area contributed by atoms with Gasteiger partial charge in [-0.2, -0.15) is 0 Å². The van der Waals surface area contributed by atoms with Gasteiger partial charge in [0.05, 0.1) is 6.26 Å². The molecular formula is C9H16ClNO. The zero-order valence-corrected chi connectivity index (χ0v) is 8.57. The van der Waals surface area contributed by atoms with E-state index in [2.05, 4.69) is 20.8 Å². The maximum atomic E-state index is 5.45. The highest BCUT2D eigenvalue weighted by Gasteiger charge is 2.17. The molecule has 0 aromatic carbocycles. The van der Waals surface area contributed by atoms with Gasteiger partial charge < -0.3 is 10.2 Å². The Balaban J connectivity index is 0.00000121. The molecule has 0 saturated carbocycles. The third-order valence-electron chi connectivity index (χ3n) is 1.63. The summed E-state index contributed by atoms with van der Waals surface area (Å²) in [6.45, 7) is 6.91. The topological polar surface area (TPSA) is 39.2 Å². The van der Waals surface area contributed by atoms with Crippen LogP contribution < -0.4 is 5.73 Å². The van der Waals surface area contributed by atoms with Gasteiger partial charge in [0, 0.05) is 17.5 Å². The number of hydrogen-bond donors (Lipinski definition) is 1. The Morgan fingerprint density at radius 3 is 2.25 bits per heavy atom. The fourth-order valence-electron chi connectivity index (χ4n) is 0.876. The van der Waals surface area contributed by atoms with Crippen molar-refractivity contribution in [3.63, 3.8) is 0 Å². The van der Waals surface area contributed by atoms with E-state index in [1.165, 1.54) is 0 Å². The largest absolute Gasteiger partial charge is 0.468 e. The number of hydrogen-bond acceptors (Lipinski definition) is 2. The number of nitrogens with two attached hydrogens (primary N) is 1. The minimum atomic E-state index is 0. The monoisotopic (exact) mass is 189 g/mol. The van der Waals surface area contributed by atoms with Crippen LogP contribution in [0, 0.1) is 0 Å². The van der Waals surface area contributed by atoms with Crippen LogP contribution in [0.1, 0.15) is 32.1 Å². The maximum Gasteiger partial charge on any atom is 0.109 e. The van der Waals surface area contributed by atoms with Gasteiger partial charge in [-0.1, -0.05) is 20.8 Å². The van der Waals surface area contributed by atoms with Gasteiger partial charge in [-0.05, 0) is 6.07 Å². The normalized spacial score (nSPS) is 11.0. The third-order valence-corrected chi connectivity index (χ3v) is 1.63. The molecule has 0 amide bonds. The Bertz CT molecular complexity index is 237. The highest BCUT2D eigenvalue weighted by atomic mass is 35.5. The lowest BCUT2D eigenvalue weighted by molar-refractivity contribution is 0.409. The van der Waals surface area contributed by atoms with Crippen molar-refractivity contribution in [2.45, 2.75) is 32.7 Å². The lowest BCUT2D eigenvalue weighted by atomic mass is 9.93. The standard InChI is InChI=1S/C9H15NO.ClH/c1-9(2,3)8-4-7(5-10)6-11-8;/h4,6H,5,10H2,1-3H3;1H. The van der Waals surface area contributed by atoms with Gasteiger partial charge in [-0.3, -0.25) is 0 Å². The maximum absolute atomic E-state index is 5.45. The first-order chi connectivity index (χ1) is 5.04. The molecule has 0 unspecified atom stereocenters. The number of rotatable bonds is 1. The second-order valence-electron chi connectivity index (χ2n) is 3.77. The Kier molecular flexibility index (Phi) is 3.81. The van der Waals surface area contributed by atoms with Gasteiger partial charge in [0.15, 0.2) is 0 Å². The van der Waals surface area contributed by atoms with Crippen LogP contribution in [0.3, 0.4) is 0 Å².